The number of ether oxygens (including phenoxy) is 1. The van der Waals surface area contributed by atoms with Gasteiger partial charge in [0.2, 0.25) is 0 Å². The maximum atomic E-state index is 5.58. The van der Waals surface area contributed by atoms with Gasteiger partial charge in [0, 0.05) is 30.1 Å². The molecule has 2 aliphatic rings. The topological polar surface area (TPSA) is 24.5 Å². The van der Waals surface area contributed by atoms with Crippen LogP contribution in [-0.2, 0) is 12.8 Å². The van der Waals surface area contributed by atoms with Gasteiger partial charge in [-0.25, -0.2) is 0 Å². The molecule has 4 heteroatoms. The zero-order valence-electron chi connectivity index (χ0n) is 12.3. The van der Waals surface area contributed by atoms with E-state index in [0.29, 0.717) is 6.04 Å². The summed E-state index contributed by atoms with van der Waals surface area (Å²) in [5, 5.41) is 3.54. The third-order valence-corrected chi connectivity index (χ3v) is 5.63. The van der Waals surface area contributed by atoms with Gasteiger partial charge in [0.25, 0.3) is 0 Å². The smallest absolute Gasteiger partial charge is 0.122 e. The highest BCUT2D eigenvalue weighted by molar-refractivity contribution is 9.10. The summed E-state index contributed by atoms with van der Waals surface area (Å²) >= 11 is 3.69. The summed E-state index contributed by atoms with van der Waals surface area (Å²) in [5.74, 6) is 1.78. The van der Waals surface area contributed by atoms with Gasteiger partial charge in [0.1, 0.15) is 5.75 Å². The molecule has 1 aromatic carbocycles. The number of fused-ring (bicyclic) bond motifs is 1. The van der Waals surface area contributed by atoms with Gasteiger partial charge in [0.15, 0.2) is 0 Å². The first kappa shape index (κ1) is 14.4. The van der Waals surface area contributed by atoms with Crippen LogP contribution in [0.5, 0.6) is 5.75 Å². The monoisotopic (exact) mass is 338 g/mol. The molecule has 110 valence electrons. The molecule has 1 fully saturated rings. The molecule has 2 unspecified atom stereocenters. The van der Waals surface area contributed by atoms with E-state index in [1.54, 1.807) is 7.11 Å². The zero-order valence-corrected chi connectivity index (χ0v) is 13.9. The van der Waals surface area contributed by atoms with E-state index in [2.05, 4.69) is 45.3 Å². The number of hydrogen-bond acceptors (Lipinski definition) is 3. The lowest BCUT2D eigenvalue weighted by Crippen LogP contribution is -2.53. The quantitative estimate of drug-likeness (QED) is 0.896. The maximum Gasteiger partial charge on any atom is 0.122 e. The van der Waals surface area contributed by atoms with E-state index in [1.807, 2.05) is 0 Å². The molecule has 1 N–H and O–H groups in total. The minimum absolute atomic E-state index is 0.653. The van der Waals surface area contributed by atoms with Gasteiger partial charge in [-0.1, -0.05) is 15.9 Å². The van der Waals surface area contributed by atoms with Crippen molar-refractivity contribution >= 4 is 15.9 Å². The molecule has 3 nitrogen and oxygen atoms in total. The van der Waals surface area contributed by atoms with Crippen molar-refractivity contribution in [3.05, 3.63) is 27.7 Å². The van der Waals surface area contributed by atoms with Gasteiger partial charge < -0.3 is 15.0 Å². The largest absolute Gasteiger partial charge is 0.496 e. The Morgan fingerprint density at radius 3 is 2.95 bits per heavy atom. The minimum atomic E-state index is 0.653. The summed E-state index contributed by atoms with van der Waals surface area (Å²) in [6.45, 7) is 3.39. The number of nitrogens with zero attached hydrogens (tertiary/aromatic N) is 1. The molecule has 0 saturated carbocycles. The van der Waals surface area contributed by atoms with Gasteiger partial charge in [-0.05, 0) is 55.5 Å². The number of hydrogen-bond donors (Lipinski definition) is 1. The van der Waals surface area contributed by atoms with Gasteiger partial charge in [0.05, 0.1) is 7.11 Å². The van der Waals surface area contributed by atoms with Crippen molar-refractivity contribution in [2.24, 2.45) is 5.92 Å². The molecule has 20 heavy (non-hydrogen) atoms. The van der Waals surface area contributed by atoms with Crippen LogP contribution in [0.3, 0.4) is 0 Å². The summed E-state index contributed by atoms with van der Waals surface area (Å²) in [4.78, 5) is 2.52. The average Bonchev–Trinajstić information content (AvgIpc) is 2.48. The van der Waals surface area contributed by atoms with Gasteiger partial charge in [-0.15, -0.1) is 0 Å². The Morgan fingerprint density at radius 2 is 2.20 bits per heavy atom. The lowest BCUT2D eigenvalue weighted by atomic mass is 9.78. The first-order chi connectivity index (χ1) is 9.70. The highest BCUT2D eigenvalue weighted by Crippen LogP contribution is 2.38. The molecule has 0 amide bonds. The fourth-order valence-corrected chi connectivity index (χ4v) is 4.27. The van der Waals surface area contributed by atoms with Crippen LogP contribution in [0.25, 0.3) is 0 Å². The average molecular weight is 339 g/mol. The predicted molar refractivity (Wildman–Crippen MR) is 85.5 cm³/mol. The van der Waals surface area contributed by atoms with Crippen molar-refractivity contribution in [1.82, 2.24) is 10.2 Å². The summed E-state index contributed by atoms with van der Waals surface area (Å²) in [5.41, 5.74) is 2.86. The highest BCUT2D eigenvalue weighted by atomic mass is 79.9. The number of methoxy groups -OCH3 is 1. The Balaban J connectivity index is 1.85. The van der Waals surface area contributed by atoms with Crippen LogP contribution in [0.1, 0.15) is 17.5 Å². The number of piperazine rings is 1. The van der Waals surface area contributed by atoms with E-state index in [4.69, 9.17) is 4.74 Å². The first-order valence-corrected chi connectivity index (χ1v) is 8.25. The van der Waals surface area contributed by atoms with E-state index in [0.717, 1.165) is 44.1 Å². The second-order valence-corrected chi connectivity index (χ2v) is 6.82. The molecule has 0 radical (unpaired) electrons. The third kappa shape index (κ3) is 2.61. The lowest BCUT2D eigenvalue weighted by Gasteiger charge is -2.40. The van der Waals surface area contributed by atoms with E-state index >= 15 is 0 Å². The standard InChI is InChI=1S/C16H23BrN2O/c1-19-8-7-18-10-15(19)11-3-4-12-13(9-11)16(20-2)6-5-14(12)17/h5-6,11,15,18H,3-4,7-10H2,1-2H3. The van der Waals surface area contributed by atoms with Crippen molar-refractivity contribution in [3.8, 4) is 5.75 Å². The molecule has 1 heterocycles. The fraction of sp³-hybridized carbons (Fsp3) is 0.625. The Bertz CT molecular complexity index is 492. The molecule has 1 aliphatic heterocycles. The van der Waals surface area contributed by atoms with E-state index in [-0.39, 0.29) is 0 Å². The number of benzene rings is 1. The van der Waals surface area contributed by atoms with Crippen molar-refractivity contribution in [2.45, 2.75) is 25.3 Å². The first-order valence-electron chi connectivity index (χ1n) is 7.46. The zero-order chi connectivity index (χ0) is 14.1. The molecule has 0 aromatic heterocycles. The van der Waals surface area contributed by atoms with Crippen molar-refractivity contribution < 1.29 is 4.74 Å². The Morgan fingerprint density at radius 1 is 1.35 bits per heavy atom. The van der Waals surface area contributed by atoms with Crippen LogP contribution < -0.4 is 10.1 Å². The van der Waals surface area contributed by atoms with Crippen LogP contribution in [-0.4, -0.2) is 44.7 Å². The molecule has 1 saturated heterocycles. The van der Waals surface area contributed by atoms with Gasteiger partial charge in [-0.3, -0.25) is 0 Å². The van der Waals surface area contributed by atoms with Crippen LogP contribution in [0.4, 0.5) is 0 Å². The molecule has 2 atom stereocenters. The van der Waals surface area contributed by atoms with Crippen molar-refractivity contribution in [2.75, 3.05) is 33.8 Å². The van der Waals surface area contributed by atoms with Gasteiger partial charge >= 0.3 is 0 Å². The second-order valence-electron chi connectivity index (χ2n) is 5.96. The number of rotatable bonds is 2. The SMILES string of the molecule is COc1ccc(Br)c2c1CC(C1CNCCN1C)CC2. The van der Waals surface area contributed by atoms with E-state index in [9.17, 15) is 0 Å². The lowest BCUT2D eigenvalue weighted by molar-refractivity contribution is 0.132. The Labute approximate surface area is 129 Å². The van der Waals surface area contributed by atoms with Crippen LogP contribution >= 0.6 is 15.9 Å². The van der Waals surface area contributed by atoms with Crippen LogP contribution in [0.15, 0.2) is 16.6 Å². The summed E-state index contributed by atoms with van der Waals surface area (Å²) in [6, 6.07) is 4.86. The van der Waals surface area contributed by atoms with Crippen LogP contribution in [0.2, 0.25) is 0 Å². The van der Waals surface area contributed by atoms with Gasteiger partial charge in [-0.2, -0.15) is 0 Å². The van der Waals surface area contributed by atoms with Crippen molar-refractivity contribution in [3.63, 3.8) is 0 Å². The molecule has 0 spiro atoms. The molecule has 0 bridgehead atoms. The maximum absolute atomic E-state index is 5.58. The second kappa shape index (κ2) is 6.04. The number of halogens is 1. The molecule has 1 aromatic rings. The Hall–Kier alpha value is -0.580. The van der Waals surface area contributed by atoms with E-state index < -0.39 is 0 Å². The minimum Gasteiger partial charge on any atom is -0.496 e. The van der Waals surface area contributed by atoms with Crippen molar-refractivity contribution in [1.29, 1.82) is 0 Å². The summed E-state index contributed by atoms with van der Waals surface area (Å²) in [7, 11) is 4.04. The fourth-order valence-electron chi connectivity index (χ4n) is 3.70. The normalized spacial score (nSPS) is 27.1. The van der Waals surface area contributed by atoms with E-state index in [1.165, 1.54) is 22.0 Å². The molecule has 1 aliphatic carbocycles. The predicted octanol–water partition coefficient (Wildman–Crippen LogP) is 2.47. The molecular weight excluding hydrogens is 316 g/mol. The third-order valence-electron chi connectivity index (χ3n) is 4.89. The number of likely N-dealkylation sites (N-methyl/N-ethyl adjacent to an activating group) is 1. The Kier molecular flexibility index (Phi) is 4.34. The molecule has 3 rings (SSSR count). The number of nitrogens with one attached hydrogen (secondary N) is 1. The van der Waals surface area contributed by atoms with Crippen LogP contribution in [0, 0.1) is 5.92 Å². The summed E-state index contributed by atoms with van der Waals surface area (Å²) < 4.78 is 6.82. The molecular formula is C16H23BrN2O. The summed E-state index contributed by atoms with van der Waals surface area (Å²) in [6.07, 6.45) is 3.56. The highest BCUT2D eigenvalue weighted by Gasteiger charge is 2.32.